The van der Waals surface area contributed by atoms with Crippen LogP contribution >= 0.6 is 11.3 Å². The van der Waals surface area contributed by atoms with Crippen LogP contribution in [-0.4, -0.2) is 9.97 Å². The minimum Gasteiger partial charge on any atom is -0.228 e. The molecule has 1 aliphatic rings. The lowest BCUT2D eigenvalue weighted by atomic mass is 9.67. The molecule has 3 heteroatoms. The van der Waals surface area contributed by atoms with Crippen molar-refractivity contribution in [3.05, 3.63) is 241 Å². The molecular weight excluding hydrogens is 745 g/mol. The third-order valence-corrected chi connectivity index (χ3v) is 13.6. The van der Waals surface area contributed by atoms with Gasteiger partial charge in [-0.15, -0.1) is 11.3 Å². The first kappa shape index (κ1) is 34.6. The quantitative estimate of drug-likeness (QED) is 0.168. The molecule has 0 amide bonds. The topological polar surface area (TPSA) is 25.8 Å². The molecule has 0 bridgehead atoms. The molecule has 0 aliphatic heterocycles. The highest BCUT2D eigenvalue weighted by atomic mass is 32.1. The number of nitrogens with zero attached hydrogens (tertiary/aromatic N) is 2. The van der Waals surface area contributed by atoms with Crippen LogP contribution in [0.15, 0.2) is 218 Å². The standard InChI is InChI=1S/C57H36N2S/c1-4-18-37(19-5-1)51-36-52(48-30-16-29-45-43-26-13-15-33-53(43)60-55(45)48)59-56(58-51)46-35-34-42(40-24-10-11-25-41(40)46)44-28-17-32-50-54(44)47-27-12-14-31-49(47)57(50,38-20-6-2-7-21-38)39-22-8-3-9-23-39/h1-36H. The Bertz CT molecular complexity index is 3380. The predicted octanol–water partition coefficient (Wildman–Crippen LogP) is 15.0. The molecule has 2 aromatic heterocycles. The molecule has 0 atom stereocenters. The summed E-state index contributed by atoms with van der Waals surface area (Å²) in [5.74, 6) is 0.711. The molecule has 2 heterocycles. The van der Waals surface area contributed by atoms with Gasteiger partial charge in [-0.05, 0) is 73.5 Å². The number of rotatable bonds is 6. The zero-order valence-electron chi connectivity index (χ0n) is 32.6. The molecule has 0 spiro atoms. The van der Waals surface area contributed by atoms with Crippen molar-refractivity contribution in [3.63, 3.8) is 0 Å². The van der Waals surface area contributed by atoms with E-state index in [4.69, 9.17) is 9.97 Å². The van der Waals surface area contributed by atoms with Gasteiger partial charge in [0.1, 0.15) is 0 Å². The lowest BCUT2D eigenvalue weighted by molar-refractivity contribution is 0.768. The molecule has 12 rings (SSSR count). The molecule has 1 aliphatic carbocycles. The van der Waals surface area contributed by atoms with Gasteiger partial charge >= 0.3 is 0 Å². The third kappa shape index (κ3) is 5.19. The summed E-state index contributed by atoms with van der Waals surface area (Å²) >= 11 is 1.83. The smallest absolute Gasteiger partial charge is 0.161 e. The van der Waals surface area contributed by atoms with E-state index in [1.165, 1.54) is 70.1 Å². The molecule has 60 heavy (non-hydrogen) atoms. The van der Waals surface area contributed by atoms with Crippen LogP contribution in [0, 0.1) is 0 Å². The number of hydrogen-bond donors (Lipinski definition) is 0. The van der Waals surface area contributed by atoms with Crippen LogP contribution in [-0.2, 0) is 5.41 Å². The first-order valence-corrected chi connectivity index (χ1v) is 21.3. The lowest BCUT2D eigenvalue weighted by Gasteiger charge is -2.34. The van der Waals surface area contributed by atoms with Crippen molar-refractivity contribution in [1.82, 2.24) is 9.97 Å². The van der Waals surface area contributed by atoms with E-state index < -0.39 is 5.41 Å². The van der Waals surface area contributed by atoms with E-state index in [9.17, 15) is 0 Å². The van der Waals surface area contributed by atoms with Gasteiger partial charge in [-0.3, -0.25) is 0 Å². The van der Waals surface area contributed by atoms with Crippen molar-refractivity contribution < 1.29 is 0 Å². The van der Waals surface area contributed by atoms with Crippen LogP contribution in [0.3, 0.4) is 0 Å². The molecular formula is C57H36N2S. The molecule has 0 saturated carbocycles. The molecule has 0 saturated heterocycles. The van der Waals surface area contributed by atoms with E-state index in [0.717, 1.165) is 33.5 Å². The number of benzene rings is 9. The van der Waals surface area contributed by atoms with Crippen molar-refractivity contribution in [1.29, 1.82) is 0 Å². The molecule has 280 valence electrons. The second-order valence-corrected chi connectivity index (χ2v) is 16.6. The fraction of sp³-hybridized carbons (Fsp3) is 0.0175. The highest BCUT2D eigenvalue weighted by Gasteiger charge is 2.46. The molecule has 0 N–H and O–H groups in total. The Morgan fingerprint density at radius 2 is 0.883 bits per heavy atom. The summed E-state index contributed by atoms with van der Waals surface area (Å²) < 4.78 is 2.52. The van der Waals surface area contributed by atoms with E-state index >= 15 is 0 Å². The van der Waals surface area contributed by atoms with Gasteiger partial charge in [-0.25, -0.2) is 9.97 Å². The third-order valence-electron chi connectivity index (χ3n) is 12.4. The highest BCUT2D eigenvalue weighted by molar-refractivity contribution is 7.26. The largest absolute Gasteiger partial charge is 0.228 e. The summed E-state index contributed by atoms with van der Waals surface area (Å²) in [6.45, 7) is 0. The molecule has 0 fully saturated rings. The van der Waals surface area contributed by atoms with E-state index in [1.807, 2.05) is 11.3 Å². The number of thiophene rings is 1. The van der Waals surface area contributed by atoms with Gasteiger partial charge < -0.3 is 0 Å². The van der Waals surface area contributed by atoms with E-state index in [-0.39, 0.29) is 0 Å². The lowest BCUT2D eigenvalue weighted by Crippen LogP contribution is -2.28. The Hall–Kier alpha value is -7.46. The maximum Gasteiger partial charge on any atom is 0.161 e. The zero-order chi connectivity index (χ0) is 39.6. The van der Waals surface area contributed by atoms with Crippen LogP contribution in [0.1, 0.15) is 22.3 Å². The zero-order valence-corrected chi connectivity index (χ0v) is 33.4. The van der Waals surface area contributed by atoms with Gasteiger partial charge in [0.2, 0.25) is 0 Å². The summed E-state index contributed by atoms with van der Waals surface area (Å²) in [6, 6.07) is 79.2. The van der Waals surface area contributed by atoms with Gasteiger partial charge in [0.25, 0.3) is 0 Å². The molecule has 9 aromatic carbocycles. The van der Waals surface area contributed by atoms with Gasteiger partial charge in [0.05, 0.1) is 16.8 Å². The summed E-state index contributed by atoms with van der Waals surface area (Å²) in [7, 11) is 0. The summed E-state index contributed by atoms with van der Waals surface area (Å²) in [4.78, 5) is 10.8. The first-order valence-electron chi connectivity index (χ1n) is 20.5. The van der Waals surface area contributed by atoms with Crippen molar-refractivity contribution in [2.75, 3.05) is 0 Å². The van der Waals surface area contributed by atoms with Crippen LogP contribution in [0.25, 0.3) is 87.1 Å². The molecule has 0 radical (unpaired) electrons. The van der Waals surface area contributed by atoms with Crippen LogP contribution in [0.4, 0.5) is 0 Å². The van der Waals surface area contributed by atoms with Gasteiger partial charge in [0.15, 0.2) is 5.82 Å². The summed E-state index contributed by atoms with van der Waals surface area (Å²) in [5, 5.41) is 4.82. The van der Waals surface area contributed by atoms with Gasteiger partial charge in [-0.1, -0.05) is 200 Å². The van der Waals surface area contributed by atoms with E-state index in [2.05, 4.69) is 218 Å². The number of aromatic nitrogens is 2. The first-order chi connectivity index (χ1) is 29.8. The van der Waals surface area contributed by atoms with Crippen LogP contribution < -0.4 is 0 Å². The van der Waals surface area contributed by atoms with Crippen molar-refractivity contribution in [2.45, 2.75) is 5.41 Å². The Morgan fingerprint density at radius 3 is 1.65 bits per heavy atom. The minimum absolute atomic E-state index is 0.473. The summed E-state index contributed by atoms with van der Waals surface area (Å²) in [5.41, 5.74) is 14.6. The fourth-order valence-electron chi connectivity index (χ4n) is 9.86. The van der Waals surface area contributed by atoms with Gasteiger partial charge in [0, 0.05) is 36.9 Å². The highest BCUT2D eigenvalue weighted by Crippen LogP contribution is 2.58. The second-order valence-electron chi connectivity index (χ2n) is 15.6. The fourth-order valence-corrected chi connectivity index (χ4v) is 11.1. The van der Waals surface area contributed by atoms with Crippen molar-refractivity contribution >= 4 is 42.3 Å². The Morgan fingerprint density at radius 1 is 0.350 bits per heavy atom. The predicted molar refractivity (Wildman–Crippen MR) is 251 cm³/mol. The Kier molecular flexibility index (Phi) is 7.97. The maximum absolute atomic E-state index is 5.44. The molecule has 11 aromatic rings. The maximum atomic E-state index is 5.44. The van der Waals surface area contributed by atoms with Crippen molar-refractivity contribution in [3.8, 4) is 56.2 Å². The average molecular weight is 781 g/mol. The van der Waals surface area contributed by atoms with Gasteiger partial charge in [-0.2, -0.15) is 0 Å². The normalized spacial score (nSPS) is 12.8. The number of fused-ring (bicyclic) bond motifs is 7. The Balaban J connectivity index is 1.09. The summed E-state index contributed by atoms with van der Waals surface area (Å²) in [6.07, 6.45) is 0. The minimum atomic E-state index is -0.473. The van der Waals surface area contributed by atoms with Crippen LogP contribution in [0.2, 0.25) is 0 Å². The van der Waals surface area contributed by atoms with E-state index in [0.29, 0.717) is 5.82 Å². The van der Waals surface area contributed by atoms with Crippen LogP contribution in [0.5, 0.6) is 0 Å². The number of hydrogen-bond acceptors (Lipinski definition) is 3. The molecule has 0 unspecified atom stereocenters. The SMILES string of the molecule is c1ccc(-c2cc(-c3cccc4c3sc3ccccc34)nc(-c3ccc(-c4cccc5c4-c4ccccc4C5(c4ccccc4)c4ccccc4)c4ccccc34)n2)cc1. The molecule has 2 nitrogen and oxygen atoms in total. The van der Waals surface area contributed by atoms with E-state index in [1.54, 1.807) is 0 Å². The second kappa shape index (κ2) is 13.8. The monoisotopic (exact) mass is 780 g/mol. The van der Waals surface area contributed by atoms with Crippen molar-refractivity contribution in [2.24, 2.45) is 0 Å². The average Bonchev–Trinajstić information content (AvgIpc) is 3.86. The Labute approximate surface area is 352 Å².